The van der Waals surface area contributed by atoms with Crippen molar-refractivity contribution in [3.8, 4) is 0 Å². The summed E-state index contributed by atoms with van der Waals surface area (Å²) in [6.07, 6.45) is -0.491. The lowest BCUT2D eigenvalue weighted by Gasteiger charge is -2.34. The van der Waals surface area contributed by atoms with Gasteiger partial charge in [0.05, 0.1) is 5.75 Å². The van der Waals surface area contributed by atoms with E-state index >= 15 is 0 Å². The lowest BCUT2D eigenvalue weighted by atomic mass is 10.3. The highest BCUT2D eigenvalue weighted by Gasteiger charge is 2.23. The van der Waals surface area contributed by atoms with E-state index < -0.39 is 16.3 Å². The first-order valence-electron chi connectivity index (χ1n) is 5.04. The van der Waals surface area contributed by atoms with Gasteiger partial charge in [-0.05, 0) is 13.8 Å². The Morgan fingerprint density at radius 1 is 1.33 bits per heavy atom. The van der Waals surface area contributed by atoms with Crippen LogP contribution in [0.5, 0.6) is 0 Å². The number of hydroxylamine groups is 2. The van der Waals surface area contributed by atoms with Crippen molar-refractivity contribution in [1.29, 1.82) is 0 Å². The highest BCUT2D eigenvalue weighted by atomic mass is 32.2. The maximum atomic E-state index is 11.2. The van der Waals surface area contributed by atoms with Crippen LogP contribution in [-0.4, -0.2) is 61.6 Å². The molecule has 0 bridgehead atoms. The molecule has 1 fully saturated rings. The van der Waals surface area contributed by atoms with Crippen LogP contribution < -0.4 is 0 Å². The molecule has 0 saturated carbocycles. The third kappa shape index (κ3) is 4.04. The lowest BCUT2D eigenvalue weighted by molar-refractivity contribution is -0.108. The summed E-state index contributed by atoms with van der Waals surface area (Å²) in [6, 6.07) is 0. The summed E-state index contributed by atoms with van der Waals surface area (Å²) in [6.45, 7) is 5.43. The van der Waals surface area contributed by atoms with E-state index in [1.807, 2.05) is 4.90 Å². The van der Waals surface area contributed by atoms with E-state index in [-0.39, 0.29) is 5.75 Å². The Bertz CT molecular complexity index is 283. The fourth-order valence-electron chi connectivity index (χ4n) is 1.37. The van der Waals surface area contributed by atoms with Crippen molar-refractivity contribution in [2.45, 2.75) is 20.1 Å². The van der Waals surface area contributed by atoms with Crippen molar-refractivity contribution in [1.82, 2.24) is 9.96 Å². The quantitative estimate of drug-likeness (QED) is 0.693. The van der Waals surface area contributed by atoms with Gasteiger partial charge in [-0.2, -0.15) is 17.8 Å². The van der Waals surface area contributed by atoms with Gasteiger partial charge in [-0.1, -0.05) is 0 Å². The monoisotopic (exact) mass is 238 g/mol. The SMILES string of the molecule is CCS(=O)(=O)ON1CCN(C(C)O)CC1. The number of nitrogens with zero attached hydrogens (tertiary/aromatic N) is 2. The number of hydrogen-bond donors (Lipinski definition) is 1. The smallest absolute Gasteiger partial charge is 0.283 e. The van der Waals surface area contributed by atoms with Gasteiger partial charge in [0.15, 0.2) is 0 Å². The fraction of sp³-hybridized carbons (Fsp3) is 1.00. The second-order valence-electron chi connectivity index (χ2n) is 3.52. The number of hydrogen-bond acceptors (Lipinski definition) is 6. The Hall–Kier alpha value is -0.210. The fourth-order valence-corrected chi connectivity index (χ4v) is 1.94. The van der Waals surface area contributed by atoms with Gasteiger partial charge in [0.2, 0.25) is 0 Å². The van der Waals surface area contributed by atoms with Gasteiger partial charge in [0.1, 0.15) is 6.23 Å². The highest BCUT2D eigenvalue weighted by molar-refractivity contribution is 7.86. The van der Waals surface area contributed by atoms with Gasteiger partial charge < -0.3 is 5.11 Å². The number of aliphatic hydroxyl groups excluding tert-OH is 1. The Balaban J connectivity index is 2.38. The van der Waals surface area contributed by atoms with Gasteiger partial charge in [-0.15, -0.1) is 0 Å². The molecule has 0 aliphatic carbocycles. The summed E-state index contributed by atoms with van der Waals surface area (Å²) in [5.74, 6) is -0.0242. The average Bonchev–Trinajstić information content (AvgIpc) is 2.18. The van der Waals surface area contributed by atoms with Crippen LogP contribution in [0.25, 0.3) is 0 Å². The first-order chi connectivity index (χ1) is 6.94. The number of aliphatic hydroxyl groups is 1. The van der Waals surface area contributed by atoms with Crippen LogP contribution in [0.3, 0.4) is 0 Å². The topological polar surface area (TPSA) is 70.1 Å². The van der Waals surface area contributed by atoms with E-state index in [0.29, 0.717) is 26.2 Å². The van der Waals surface area contributed by atoms with E-state index in [1.165, 1.54) is 5.06 Å². The molecule has 1 unspecified atom stereocenters. The van der Waals surface area contributed by atoms with E-state index in [2.05, 4.69) is 0 Å². The van der Waals surface area contributed by atoms with Crippen molar-refractivity contribution in [2.75, 3.05) is 31.9 Å². The maximum absolute atomic E-state index is 11.2. The molecule has 1 rings (SSSR count). The van der Waals surface area contributed by atoms with Gasteiger partial charge in [0, 0.05) is 26.2 Å². The molecular formula is C8H18N2O4S. The Labute approximate surface area is 90.5 Å². The van der Waals surface area contributed by atoms with Gasteiger partial charge >= 0.3 is 0 Å². The summed E-state index contributed by atoms with van der Waals surface area (Å²) in [4.78, 5) is 1.86. The van der Waals surface area contributed by atoms with Crippen molar-refractivity contribution in [2.24, 2.45) is 0 Å². The molecule has 1 atom stereocenters. The molecular weight excluding hydrogens is 220 g/mol. The molecule has 1 saturated heterocycles. The molecule has 15 heavy (non-hydrogen) atoms. The summed E-state index contributed by atoms with van der Waals surface area (Å²) in [5.41, 5.74) is 0. The lowest BCUT2D eigenvalue weighted by Crippen LogP contribution is -2.49. The normalized spacial score (nSPS) is 22.9. The molecule has 1 aliphatic heterocycles. The first-order valence-corrected chi connectivity index (χ1v) is 6.61. The van der Waals surface area contributed by atoms with Crippen LogP contribution in [0.1, 0.15) is 13.8 Å². The molecule has 0 spiro atoms. The van der Waals surface area contributed by atoms with Gasteiger partial charge in [-0.3, -0.25) is 4.90 Å². The molecule has 7 heteroatoms. The first kappa shape index (κ1) is 12.9. The van der Waals surface area contributed by atoms with Crippen LogP contribution in [0.2, 0.25) is 0 Å². The molecule has 1 heterocycles. The van der Waals surface area contributed by atoms with Gasteiger partial charge in [-0.25, -0.2) is 0 Å². The molecule has 90 valence electrons. The van der Waals surface area contributed by atoms with Crippen LogP contribution in [0.15, 0.2) is 0 Å². The summed E-state index contributed by atoms with van der Waals surface area (Å²) in [7, 11) is -3.41. The zero-order valence-electron chi connectivity index (χ0n) is 9.09. The second-order valence-corrected chi connectivity index (χ2v) is 5.36. The second kappa shape index (κ2) is 5.22. The van der Waals surface area contributed by atoms with E-state index in [0.717, 1.165) is 0 Å². The molecule has 6 nitrogen and oxygen atoms in total. The Morgan fingerprint density at radius 3 is 2.27 bits per heavy atom. The molecule has 0 aromatic heterocycles. The van der Waals surface area contributed by atoms with Crippen molar-refractivity contribution >= 4 is 10.1 Å². The highest BCUT2D eigenvalue weighted by Crippen LogP contribution is 2.07. The molecule has 1 N–H and O–H groups in total. The van der Waals surface area contributed by atoms with Crippen molar-refractivity contribution in [3.63, 3.8) is 0 Å². The summed E-state index contributed by atoms with van der Waals surface area (Å²) >= 11 is 0. The average molecular weight is 238 g/mol. The molecule has 0 aromatic rings. The van der Waals surface area contributed by atoms with Crippen LogP contribution in [-0.2, 0) is 14.4 Å². The number of rotatable bonds is 4. The number of piperazine rings is 1. The zero-order chi connectivity index (χ0) is 11.5. The van der Waals surface area contributed by atoms with Crippen LogP contribution in [0, 0.1) is 0 Å². The van der Waals surface area contributed by atoms with Gasteiger partial charge in [0.25, 0.3) is 10.1 Å². The third-order valence-electron chi connectivity index (χ3n) is 2.37. The molecule has 1 aliphatic rings. The minimum Gasteiger partial charge on any atom is -0.379 e. The van der Waals surface area contributed by atoms with Crippen LogP contribution >= 0.6 is 0 Å². The van der Waals surface area contributed by atoms with E-state index in [4.69, 9.17) is 4.28 Å². The Morgan fingerprint density at radius 2 is 1.87 bits per heavy atom. The van der Waals surface area contributed by atoms with Crippen LogP contribution in [0.4, 0.5) is 0 Å². The minimum absolute atomic E-state index is 0.0242. The van der Waals surface area contributed by atoms with Crippen molar-refractivity contribution in [3.05, 3.63) is 0 Å². The van der Waals surface area contributed by atoms with Crippen molar-refractivity contribution < 1.29 is 17.8 Å². The molecule has 0 radical (unpaired) electrons. The predicted molar refractivity (Wildman–Crippen MR) is 55.4 cm³/mol. The summed E-state index contributed by atoms with van der Waals surface area (Å²) in [5, 5.41) is 10.7. The van der Waals surface area contributed by atoms with E-state index in [9.17, 15) is 13.5 Å². The molecule has 0 aromatic carbocycles. The third-order valence-corrected chi connectivity index (χ3v) is 3.52. The standard InChI is InChI=1S/C8H18N2O4S/c1-3-15(12,13)14-10-6-4-9(5-7-10)8(2)11/h8,11H,3-7H2,1-2H3. The maximum Gasteiger partial charge on any atom is 0.283 e. The minimum atomic E-state index is -3.41. The zero-order valence-corrected chi connectivity index (χ0v) is 9.90. The predicted octanol–water partition coefficient (Wildman–Crippen LogP) is -0.776. The largest absolute Gasteiger partial charge is 0.379 e. The van der Waals surface area contributed by atoms with E-state index in [1.54, 1.807) is 13.8 Å². The molecule has 0 amide bonds. The Kier molecular flexibility index (Phi) is 4.47. The summed E-state index contributed by atoms with van der Waals surface area (Å²) < 4.78 is 27.2.